The predicted molar refractivity (Wildman–Crippen MR) is 81.1 cm³/mol. The van der Waals surface area contributed by atoms with E-state index in [0.29, 0.717) is 11.5 Å². The van der Waals surface area contributed by atoms with Gasteiger partial charge in [0.25, 0.3) is 0 Å². The zero-order chi connectivity index (χ0) is 14.1. The number of aromatic nitrogens is 2. The summed E-state index contributed by atoms with van der Waals surface area (Å²) in [7, 11) is 0. The fourth-order valence-electron chi connectivity index (χ4n) is 2.01. The van der Waals surface area contributed by atoms with Crippen LogP contribution in [-0.4, -0.2) is 9.78 Å². The molecule has 20 heavy (non-hydrogen) atoms. The summed E-state index contributed by atoms with van der Waals surface area (Å²) in [5, 5.41) is 4.45. The van der Waals surface area contributed by atoms with Gasteiger partial charge in [-0.05, 0) is 24.3 Å². The molecule has 0 spiro atoms. The first-order chi connectivity index (χ1) is 9.65. The first kappa shape index (κ1) is 12.9. The Morgan fingerprint density at radius 3 is 2.60 bits per heavy atom. The SMILES string of the molecule is Nc1cc(-c2ccccc2Br)nn1-c1cccc(F)c1. The molecule has 0 saturated carbocycles. The number of anilines is 1. The van der Waals surface area contributed by atoms with Crippen molar-refractivity contribution in [2.75, 3.05) is 5.73 Å². The van der Waals surface area contributed by atoms with E-state index in [1.165, 1.54) is 16.8 Å². The molecule has 0 unspecified atom stereocenters. The van der Waals surface area contributed by atoms with Gasteiger partial charge in [-0.15, -0.1) is 0 Å². The van der Waals surface area contributed by atoms with E-state index in [4.69, 9.17) is 5.73 Å². The van der Waals surface area contributed by atoms with Crippen molar-refractivity contribution in [1.29, 1.82) is 0 Å². The van der Waals surface area contributed by atoms with Crippen LogP contribution in [0.4, 0.5) is 10.2 Å². The zero-order valence-corrected chi connectivity index (χ0v) is 12.0. The molecule has 0 aliphatic heterocycles. The minimum atomic E-state index is -0.320. The van der Waals surface area contributed by atoms with Crippen molar-refractivity contribution in [2.24, 2.45) is 0 Å². The van der Waals surface area contributed by atoms with Crippen LogP contribution in [0.25, 0.3) is 16.9 Å². The van der Waals surface area contributed by atoms with Crippen LogP contribution in [-0.2, 0) is 0 Å². The number of benzene rings is 2. The largest absolute Gasteiger partial charge is 0.384 e. The minimum Gasteiger partial charge on any atom is -0.384 e. The molecule has 0 atom stereocenters. The molecule has 0 radical (unpaired) electrons. The number of hydrogen-bond donors (Lipinski definition) is 1. The van der Waals surface area contributed by atoms with Crippen molar-refractivity contribution in [2.45, 2.75) is 0 Å². The topological polar surface area (TPSA) is 43.8 Å². The van der Waals surface area contributed by atoms with Gasteiger partial charge in [0, 0.05) is 16.1 Å². The highest BCUT2D eigenvalue weighted by molar-refractivity contribution is 9.10. The molecule has 0 bridgehead atoms. The lowest BCUT2D eigenvalue weighted by atomic mass is 10.1. The van der Waals surface area contributed by atoms with Crippen LogP contribution in [0.2, 0.25) is 0 Å². The maximum atomic E-state index is 13.3. The van der Waals surface area contributed by atoms with E-state index in [-0.39, 0.29) is 5.82 Å². The summed E-state index contributed by atoms with van der Waals surface area (Å²) in [5.74, 6) is 0.140. The zero-order valence-electron chi connectivity index (χ0n) is 10.4. The Bertz CT molecular complexity index is 767. The molecule has 3 rings (SSSR count). The Kier molecular flexibility index (Phi) is 3.28. The number of nitrogen functional groups attached to an aromatic ring is 1. The van der Waals surface area contributed by atoms with Crippen LogP contribution in [0.3, 0.4) is 0 Å². The lowest BCUT2D eigenvalue weighted by molar-refractivity contribution is 0.625. The third-order valence-electron chi connectivity index (χ3n) is 2.94. The van der Waals surface area contributed by atoms with E-state index < -0.39 is 0 Å². The quantitative estimate of drug-likeness (QED) is 0.770. The van der Waals surface area contributed by atoms with Gasteiger partial charge in [0.15, 0.2) is 0 Å². The third-order valence-corrected chi connectivity index (χ3v) is 3.63. The second kappa shape index (κ2) is 5.09. The summed E-state index contributed by atoms with van der Waals surface area (Å²) >= 11 is 3.48. The van der Waals surface area contributed by atoms with Crippen molar-refractivity contribution < 1.29 is 4.39 Å². The van der Waals surface area contributed by atoms with Gasteiger partial charge in [0.2, 0.25) is 0 Å². The Hall–Kier alpha value is -2.14. The van der Waals surface area contributed by atoms with Crippen LogP contribution in [0, 0.1) is 5.82 Å². The van der Waals surface area contributed by atoms with Gasteiger partial charge < -0.3 is 5.73 Å². The summed E-state index contributed by atoms with van der Waals surface area (Å²) in [6, 6.07) is 15.7. The maximum absolute atomic E-state index is 13.3. The molecule has 3 nitrogen and oxygen atoms in total. The summed E-state index contributed by atoms with van der Waals surface area (Å²) in [6.07, 6.45) is 0. The van der Waals surface area contributed by atoms with Crippen LogP contribution >= 0.6 is 15.9 Å². The van der Waals surface area contributed by atoms with E-state index >= 15 is 0 Å². The van der Waals surface area contributed by atoms with Gasteiger partial charge in [-0.25, -0.2) is 9.07 Å². The number of rotatable bonds is 2. The third kappa shape index (κ3) is 2.32. The summed E-state index contributed by atoms with van der Waals surface area (Å²) < 4.78 is 15.7. The van der Waals surface area contributed by atoms with Crippen LogP contribution < -0.4 is 5.73 Å². The molecule has 1 heterocycles. The molecule has 0 saturated heterocycles. The average Bonchev–Trinajstić information content (AvgIpc) is 2.81. The van der Waals surface area contributed by atoms with Gasteiger partial charge in [-0.1, -0.05) is 40.2 Å². The van der Waals surface area contributed by atoms with Crippen molar-refractivity contribution in [3.05, 3.63) is 64.9 Å². The first-order valence-electron chi connectivity index (χ1n) is 6.01. The first-order valence-corrected chi connectivity index (χ1v) is 6.81. The van der Waals surface area contributed by atoms with Gasteiger partial charge in [-0.2, -0.15) is 5.10 Å². The van der Waals surface area contributed by atoms with E-state index in [1.807, 2.05) is 24.3 Å². The van der Waals surface area contributed by atoms with Crippen LogP contribution in [0.1, 0.15) is 0 Å². The van der Waals surface area contributed by atoms with Crippen molar-refractivity contribution in [1.82, 2.24) is 9.78 Å². The molecule has 0 aliphatic carbocycles. The molecule has 3 aromatic rings. The standard InChI is InChI=1S/C15H11BrFN3/c16-13-7-2-1-6-12(13)14-9-15(18)20(19-14)11-5-3-4-10(17)8-11/h1-9H,18H2. The molecule has 0 aliphatic rings. The monoisotopic (exact) mass is 331 g/mol. The Labute approximate surface area is 124 Å². The molecular weight excluding hydrogens is 321 g/mol. The highest BCUT2D eigenvalue weighted by Gasteiger charge is 2.11. The predicted octanol–water partition coefficient (Wildman–Crippen LogP) is 4.02. The molecule has 100 valence electrons. The van der Waals surface area contributed by atoms with Crippen LogP contribution in [0.5, 0.6) is 0 Å². The lowest BCUT2D eigenvalue weighted by Crippen LogP contribution is -2.01. The lowest BCUT2D eigenvalue weighted by Gasteiger charge is -2.03. The molecule has 0 amide bonds. The second-order valence-electron chi connectivity index (χ2n) is 4.33. The van der Waals surface area contributed by atoms with E-state index in [2.05, 4.69) is 21.0 Å². The second-order valence-corrected chi connectivity index (χ2v) is 5.18. The van der Waals surface area contributed by atoms with Gasteiger partial charge in [0.05, 0.1) is 11.4 Å². The number of nitrogens with zero attached hydrogens (tertiary/aromatic N) is 2. The highest BCUT2D eigenvalue weighted by atomic mass is 79.9. The molecule has 2 N–H and O–H groups in total. The molecule has 0 fully saturated rings. The van der Waals surface area contributed by atoms with Crippen molar-refractivity contribution >= 4 is 21.7 Å². The summed E-state index contributed by atoms with van der Waals surface area (Å²) in [6.45, 7) is 0. The normalized spacial score (nSPS) is 10.7. The van der Waals surface area contributed by atoms with Crippen molar-refractivity contribution in [3.63, 3.8) is 0 Å². The average molecular weight is 332 g/mol. The van der Waals surface area contributed by atoms with Crippen LogP contribution in [0.15, 0.2) is 59.1 Å². The fourth-order valence-corrected chi connectivity index (χ4v) is 2.50. The molecule has 2 aromatic carbocycles. The number of nitrogens with two attached hydrogens (primary N) is 1. The van der Waals surface area contributed by atoms with E-state index in [9.17, 15) is 4.39 Å². The fraction of sp³-hybridized carbons (Fsp3) is 0. The number of halogens is 2. The Morgan fingerprint density at radius 1 is 1.05 bits per heavy atom. The van der Waals surface area contributed by atoms with Gasteiger partial charge in [0.1, 0.15) is 11.6 Å². The van der Waals surface area contributed by atoms with Gasteiger partial charge in [-0.3, -0.25) is 0 Å². The highest BCUT2D eigenvalue weighted by Crippen LogP contribution is 2.29. The van der Waals surface area contributed by atoms with Gasteiger partial charge >= 0.3 is 0 Å². The summed E-state index contributed by atoms with van der Waals surface area (Å²) in [5.41, 5.74) is 8.25. The molecule has 5 heteroatoms. The Balaban J connectivity index is 2.10. The van der Waals surface area contributed by atoms with Crippen molar-refractivity contribution in [3.8, 4) is 16.9 Å². The van der Waals surface area contributed by atoms with E-state index in [0.717, 1.165) is 15.7 Å². The number of hydrogen-bond acceptors (Lipinski definition) is 2. The van der Waals surface area contributed by atoms with E-state index in [1.54, 1.807) is 18.2 Å². The minimum absolute atomic E-state index is 0.320. The maximum Gasteiger partial charge on any atom is 0.127 e. The smallest absolute Gasteiger partial charge is 0.127 e. The summed E-state index contributed by atoms with van der Waals surface area (Å²) in [4.78, 5) is 0. The Morgan fingerprint density at radius 2 is 1.85 bits per heavy atom. The molecule has 1 aromatic heterocycles. The molecular formula is C15H11BrFN3.